The summed E-state index contributed by atoms with van der Waals surface area (Å²) in [5.74, 6) is 1.31. The van der Waals surface area contributed by atoms with Crippen LogP contribution in [-0.4, -0.2) is 23.6 Å². The number of hydrogen-bond acceptors (Lipinski definition) is 3. The van der Waals surface area contributed by atoms with E-state index in [1.54, 1.807) is 0 Å². The summed E-state index contributed by atoms with van der Waals surface area (Å²) in [5.41, 5.74) is -0.356. The minimum absolute atomic E-state index is 0.146. The Morgan fingerprint density at radius 2 is 1.89 bits per heavy atom. The third kappa shape index (κ3) is 4.78. The van der Waals surface area contributed by atoms with Gasteiger partial charge in [-0.15, -0.1) is 0 Å². The van der Waals surface area contributed by atoms with E-state index in [2.05, 4.69) is 31.4 Å². The second-order valence-electron chi connectivity index (χ2n) is 7.09. The van der Waals surface area contributed by atoms with Crippen LogP contribution >= 0.6 is 0 Å². The van der Waals surface area contributed by atoms with Crippen LogP contribution in [0.25, 0.3) is 0 Å². The molecule has 0 aromatic carbocycles. The molecule has 0 bridgehead atoms. The number of nitrogens with zero attached hydrogens (tertiary/aromatic N) is 2. The highest BCUT2D eigenvalue weighted by atomic mass is 16.5. The molecular formula is C16H28N2O. The van der Waals surface area contributed by atoms with E-state index in [4.69, 9.17) is 4.74 Å². The number of likely N-dealkylation sites (tertiary alicyclic amines) is 1. The van der Waals surface area contributed by atoms with Gasteiger partial charge in [0.1, 0.15) is 5.60 Å². The molecule has 0 unspecified atom stereocenters. The van der Waals surface area contributed by atoms with Crippen LogP contribution in [0.15, 0.2) is 12.5 Å². The summed E-state index contributed by atoms with van der Waals surface area (Å²) in [7, 11) is 0. The van der Waals surface area contributed by atoms with E-state index in [0.717, 1.165) is 38.2 Å². The van der Waals surface area contributed by atoms with Crippen molar-refractivity contribution in [3.05, 3.63) is 12.5 Å². The number of hydrogen-bond donors (Lipinski definition) is 0. The lowest BCUT2D eigenvalue weighted by Gasteiger charge is -2.40. The molecule has 0 spiro atoms. The lowest BCUT2D eigenvalue weighted by atomic mass is 9.74. The minimum Gasteiger partial charge on any atom is -0.474 e. The molecule has 1 rings (SSSR count). The Morgan fingerprint density at radius 1 is 1.37 bits per heavy atom. The van der Waals surface area contributed by atoms with Crippen molar-refractivity contribution in [1.82, 2.24) is 4.90 Å². The van der Waals surface area contributed by atoms with Gasteiger partial charge in [0.15, 0.2) is 5.88 Å². The Morgan fingerprint density at radius 3 is 2.26 bits per heavy atom. The standard InChI is InChI=1S/C16H28N2O/c1-13(2)11-16(12-17)7-9-18(10-8-16)14(3)19-15(4,5)6/h13H,3,7-11H2,1-2,4-6H3. The van der Waals surface area contributed by atoms with Crippen LogP contribution in [0.4, 0.5) is 0 Å². The predicted octanol–water partition coefficient (Wildman–Crippen LogP) is 3.92. The van der Waals surface area contributed by atoms with Crippen molar-refractivity contribution in [2.24, 2.45) is 11.3 Å². The SMILES string of the molecule is C=C(OC(C)(C)C)N1CCC(C#N)(CC(C)C)CC1. The van der Waals surface area contributed by atoms with Crippen molar-refractivity contribution in [3.8, 4) is 6.07 Å². The first-order chi connectivity index (χ1) is 8.67. The van der Waals surface area contributed by atoms with Gasteiger partial charge >= 0.3 is 0 Å². The predicted molar refractivity (Wildman–Crippen MR) is 78.3 cm³/mol. The third-order valence-corrected chi connectivity index (χ3v) is 3.53. The van der Waals surface area contributed by atoms with Crippen molar-refractivity contribution in [2.45, 2.75) is 59.5 Å². The minimum atomic E-state index is -0.210. The van der Waals surface area contributed by atoms with Gasteiger partial charge in [-0.3, -0.25) is 0 Å². The zero-order chi connectivity index (χ0) is 14.7. The molecule has 1 fully saturated rings. The molecule has 0 aromatic heterocycles. The molecule has 0 aliphatic carbocycles. The molecule has 0 aromatic rings. The molecule has 1 heterocycles. The van der Waals surface area contributed by atoms with Crippen LogP contribution in [0.5, 0.6) is 0 Å². The van der Waals surface area contributed by atoms with Crippen molar-refractivity contribution in [3.63, 3.8) is 0 Å². The topological polar surface area (TPSA) is 36.3 Å². The van der Waals surface area contributed by atoms with Gasteiger partial charge in [0, 0.05) is 13.1 Å². The zero-order valence-electron chi connectivity index (χ0n) is 13.1. The Labute approximate surface area is 118 Å². The van der Waals surface area contributed by atoms with E-state index in [-0.39, 0.29) is 11.0 Å². The first-order valence-electron chi connectivity index (χ1n) is 7.22. The molecule has 19 heavy (non-hydrogen) atoms. The van der Waals surface area contributed by atoms with Crippen molar-refractivity contribution >= 4 is 0 Å². The van der Waals surface area contributed by atoms with Crippen molar-refractivity contribution in [2.75, 3.05) is 13.1 Å². The quantitative estimate of drug-likeness (QED) is 0.722. The van der Waals surface area contributed by atoms with E-state index in [0.29, 0.717) is 5.92 Å². The van der Waals surface area contributed by atoms with Gasteiger partial charge in [-0.05, 0) is 52.5 Å². The molecule has 0 N–H and O–H groups in total. The van der Waals surface area contributed by atoms with Crippen LogP contribution in [0.2, 0.25) is 0 Å². The Balaban J connectivity index is 2.57. The fraction of sp³-hybridized carbons (Fsp3) is 0.812. The second kappa shape index (κ2) is 5.86. The number of nitriles is 1. The Bertz CT molecular complexity index is 352. The van der Waals surface area contributed by atoms with Crippen LogP contribution in [-0.2, 0) is 4.74 Å². The summed E-state index contributed by atoms with van der Waals surface area (Å²) >= 11 is 0. The van der Waals surface area contributed by atoms with E-state index < -0.39 is 0 Å². The van der Waals surface area contributed by atoms with E-state index in [1.165, 1.54) is 0 Å². The highest BCUT2D eigenvalue weighted by Crippen LogP contribution is 2.38. The summed E-state index contributed by atoms with van der Waals surface area (Å²) in [6.07, 6.45) is 2.81. The first-order valence-corrected chi connectivity index (χ1v) is 7.22. The van der Waals surface area contributed by atoms with Crippen LogP contribution in [0, 0.1) is 22.7 Å². The average Bonchev–Trinajstić information content (AvgIpc) is 2.26. The van der Waals surface area contributed by atoms with Gasteiger partial charge in [0.05, 0.1) is 11.5 Å². The van der Waals surface area contributed by atoms with E-state index >= 15 is 0 Å². The Kier molecular flexibility index (Phi) is 4.90. The molecule has 1 aliphatic rings. The lowest BCUT2D eigenvalue weighted by Crippen LogP contribution is -2.41. The zero-order valence-corrected chi connectivity index (χ0v) is 13.1. The van der Waals surface area contributed by atoms with Crippen LogP contribution in [0.3, 0.4) is 0 Å². The average molecular weight is 264 g/mol. The molecular weight excluding hydrogens is 236 g/mol. The summed E-state index contributed by atoms with van der Waals surface area (Å²) in [6, 6.07) is 2.56. The maximum absolute atomic E-state index is 9.48. The van der Waals surface area contributed by atoms with Gasteiger partial charge in [-0.25, -0.2) is 0 Å². The molecule has 1 saturated heterocycles. The normalized spacial score (nSPS) is 19.1. The molecule has 0 atom stereocenters. The molecule has 3 nitrogen and oxygen atoms in total. The monoisotopic (exact) mass is 264 g/mol. The number of piperidine rings is 1. The van der Waals surface area contributed by atoms with Crippen molar-refractivity contribution < 1.29 is 4.74 Å². The Hall–Kier alpha value is -1.17. The summed E-state index contributed by atoms with van der Waals surface area (Å²) in [4.78, 5) is 2.17. The van der Waals surface area contributed by atoms with Gasteiger partial charge < -0.3 is 9.64 Å². The molecule has 0 saturated carbocycles. The third-order valence-electron chi connectivity index (χ3n) is 3.53. The smallest absolute Gasteiger partial charge is 0.182 e. The highest BCUT2D eigenvalue weighted by molar-refractivity contribution is 5.04. The van der Waals surface area contributed by atoms with Gasteiger partial charge in [0.25, 0.3) is 0 Å². The maximum atomic E-state index is 9.48. The van der Waals surface area contributed by atoms with Crippen LogP contribution in [0.1, 0.15) is 53.9 Å². The summed E-state index contributed by atoms with van der Waals surface area (Å²) < 4.78 is 5.81. The fourth-order valence-electron chi connectivity index (χ4n) is 2.75. The highest BCUT2D eigenvalue weighted by Gasteiger charge is 2.36. The summed E-state index contributed by atoms with van der Waals surface area (Å²) in [6.45, 7) is 16.2. The molecule has 0 radical (unpaired) electrons. The summed E-state index contributed by atoms with van der Waals surface area (Å²) in [5, 5.41) is 9.48. The molecule has 1 aliphatic heterocycles. The lowest BCUT2D eigenvalue weighted by molar-refractivity contribution is -0.0110. The largest absolute Gasteiger partial charge is 0.474 e. The number of ether oxygens (including phenoxy) is 1. The van der Waals surface area contributed by atoms with E-state index in [9.17, 15) is 5.26 Å². The second-order valence-corrected chi connectivity index (χ2v) is 7.09. The number of rotatable bonds is 4. The van der Waals surface area contributed by atoms with E-state index in [1.807, 2.05) is 20.8 Å². The van der Waals surface area contributed by atoms with Crippen LogP contribution < -0.4 is 0 Å². The molecule has 3 heteroatoms. The van der Waals surface area contributed by atoms with Gasteiger partial charge in [-0.1, -0.05) is 13.8 Å². The fourth-order valence-corrected chi connectivity index (χ4v) is 2.75. The van der Waals surface area contributed by atoms with Gasteiger partial charge in [0.2, 0.25) is 0 Å². The molecule has 0 amide bonds. The van der Waals surface area contributed by atoms with Crippen molar-refractivity contribution in [1.29, 1.82) is 5.26 Å². The molecule has 108 valence electrons. The first kappa shape index (κ1) is 15.9. The maximum Gasteiger partial charge on any atom is 0.182 e. The van der Waals surface area contributed by atoms with Gasteiger partial charge in [-0.2, -0.15) is 5.26 Å².